The van der Waals surface area contributed by atoms with E-state index in [2.05, 4.69) is 169 Å². The molecule has 220 valence electrons. The largest absolute Gasteiger partial charge is 0.456 e. The highest BCUT2D eigenvalue weighted by Crippen LogP contribution is 2.43. The van der Waals surface area contributed by atoms with Gasteiger partial charge in [-0.25, -0.2) is 0 Å². The molecule has 0 aliphatic carbocycles. The van der Waals surface area contributed by atoms with Crippen LogP contribution in [0.3, 0.4) is 0 Å². The normalized spacial score (nSPS) is 11.8. The molecule has 0 spiro atoms. The highest BCUT2D eigenvalue weighted by atomic mass is 16.3. The molecule has 3 heteroatoms. The van der Waals surface area contributed by atoms with E-state index < -0.39 is 0 Å². The highest BCUT2D eigenvalue weighted by molar-refractivity contribution is 6.24. The number of fused-ring (bicyclic) bond motifs is 10. The lowest BCUT2D eigenvalue weighted by molar-refractivity contribution is 0.664. The lowest BCUT2D eigenvalue weighted by atomic mass is 10.0. The van der Waals surface area contributed by atoms with E-state index in [4.69, 9.17) is 8.83 Å². The molecule has 2 heterocycles. The third-order valence-electron chi connectivity index (χ3n) is 9.43. The number of benzene rings is 8. The maximum atomic E-state index is 6.66. The summed E-state index contributed by atoms with van der Waals surface area (Å²) in [4.78, 5) is 2.28. The third-order valence-corrected chi connectivity index (χ3v) is 9.43. The topological polar surface area (TPSA) is 29.5 Å². The van der Waals surface area contributed by atoms with Crippen LogP contribution in [0.25, 0.3) is 76.5 Å². The quantitative estimate of drug-likeness (QED) is 0.201. The van der Waals surface area contributed by atoms with Crippen molar-refractivity contribution >= 4 is 82.5 Å². The Hall–Kier alpha value is -6.32. The van der Waals surface area contributed by atoms with Crippen molar-refractivity contribution in [1.82, 2.24) is 0 Å². The van der Waals surface area contributed by atoms with Gasteiger partial charge in [-0.1, -0.05) is 97.1 Å². The lowest BCUT2D eigenvalue weighted by Crippen LogP contribution is -2.09. The van der Waals surface area contributed by atoms with Crippen molar-refractivity contribution in [2.75, 3.05) is 4.90 Å². The fraction of sp³-hybridized carbons (Fsp3) is 0. The summed E-state index contributed by atoms with van der Waals surface area (Å²) in [5.74, 6) is 0. The van der Waals surface area contributed by atoms with Crippen molar-refractivity contribution in [2.45, 2.75) is 0 Å². The van der Waals surface area contributed by atoms with Gasteiger partial charge >= 0.3 is 0 Å². The molecule has 0 aliphatic rings. The Morgan fingerprint density at radius 2 is 0.979 bits per heavy atom. The molecule has 0 radical (unpaired) electrons. The van der Waals surface area contributed by atoms with Crippen LogP contribution in [0.5, 0.6) is 0 Å². The van der Waals surface area contributed by atoms with Crippen molar-refractivity contribution in [2.24, 2.45) is 0 Å². The Morgan fingerprint density at radius 3 is 1.85 bits per heavy atom. The van der Waals surface area contributed by atoms with Crippen molar-refractivity contribution in [3.63, 3.8) is 0 Å². The maximum absolute atomic E-state index is 6.66. The first-order valence-electron chi connectivity index (χ1n) is 15.9. The zero-order valence-electron chi connectivity index (χ0n) is 25.4. The van der Waals surface area contributed by atoms with Crippen LogP contribution in [0.2, 0.25) is 0 Å². The van der Waals surface area contributed by atoms with Gasteiger partial charge in [0.1, 0.15) is 22.3 Å². The molecule has 10 rings (SSSR count). The average Bonchev–Trinajstić information content (AvgIpc) is 3.70. The van der Waals surface area contributed by atoms with Crippen LogP contribution < -0.4 is 4.90 Å². The minimum absolute atomic E-state index is 0.819. The molecule has 0 fully saturated rings. The van der Waals surface area contributed by atoms with Crippen LogP contribution in [0, 0.1) is 0 Å². The van der Waals surface area contributed by atoms with Crippen molar-refractivity contribution in [3.8, 4) is 11.1 Å². The molecular weight excluding hydrogens is 574 g/mol. The zero-order chi connectivity index (χ0) is 30.9. The molecule has 10 aromatic rings. The molecule has 0 N–H and O–H groups in total. The van der Waals surface area contributed by atoms with E-state index in [9.17, 15) is 0 Å². The van der Waals surface area contributed by atoms with E-state index in [-0.39, 0.29) is 0 Å². The summed E-state index contributed by atoms with van der Waals surface area (Å²) in [5.41, 5.74) is 8.98. The Labute approximate surface area is 270 Å². The van der Waals surface area contributed by atoms with E-state index in [1.165, 1.54) is 27.3 Å². The standard InChI is InChI=1S/C44H27NO2/c1-2-11-33(12-3-1)45(34-19-16-29(17-20-34)32-15-14-28-8-4-5-10-31(28)26-32)35-21-23-39-41(27-35)46-40-25-24-38-37-22-18-30-9-6-7-13-36(30)43(37)47-44(38)42(39)40/h1-27H. The first kappa shape index (κ1) is 26.0. The van der Waals surface area contributed by atoms with Gasteiger partial charge in [0.15, 0.2) is 0 Å². The zero-order valence-corrected chi connectivity index (χ0v) is 25.4. The second-order valence-electron chi connectivity index (χ2n) is 12.1. The Balaban J connectivity index is 1.11. The van der Waals surface area contributed by atoms with Crippen LogP contribution in [0.1, 0.15) is 0 Å². The SMILES string of the molecule is c1ccc(N(c2ccc(-c3ccc4ccccc4c3)cc2)c2ccc3c(c2)oc2ccc4c5ccc6ccccc6c5oc4c23)cc1. The van der Waals surface area contributed by atoms with Gasteiger partial charge in [-0.15, -0.1) is 0 Å². The summed E-state index contributed by atoms with van der Waals surface area (Å²) in [7, 11) is 0. The average molecular weight is 602 g/mol. The second kappa shape index (κ2) is 10.1. The first-order valence-corrected chi connectivity index (χ1v) is 15.9. The molecule has 2 aromatic heterocycles. The molecule has 0 unspecified atom stereocenters. The molecule has 0 aliphatic heterocycles. The van der Waals surface area contributed by atoms with Crippen LogP contribution in [0.4, 0.5) is 17.1 Å². The number of furan rings is 2. The summed E-state index contributed by atoms with van der Waals surface area (Å²) >= 11 is 0. The lowest BCUT2D eigenvalue weighted by Gasteiger charge is -2.25. The van der Waals surface area contributed by atoms with Crippen LogP contribution >= 0.6 is 0 Å². The highest BCUT2D eigenvalue weighted by Gasteiger charge is 2.19. The van der Waals surface area contributed by atoms with Gasteiger partial charge in [0.2, 0.25) is 0 Å². The van der Waals surface area contributed by atoms with Crippen LogP contribution in [-0.2, 0) is 0 Å². The van der Waals surface area contributed by atoms with Gasteiger partial charge < -0.3 is 13.7 Å². The molecule has 0 bridgehead atoms. The molecule has 0 saturated carbocycles. The monoisotopic (exact) mass is 601 g/mol. The van der Waals surface area contributed by atoms with E-state index in [1.54, 1.807) is 0 Å². The summed E-state index contributed by atoms with van der Waals surface area (Å²) in [6, 6.07) is 57.8. The fourth-order valence-corrected chi connectivity index (χ4v) is 7.15. The smallest absolute Gasteiger partial charge is 0.147 e. The predicted molar refractivity (Wildman–Crippen MR) is 196 cm³/mol. The Bertz CT molecular complexity index is 2790. The summed E-state index contributed by atoms with van der Waals surface area (Å²) < 4.78 is 13.2. The van der Waals surface area contributed by atoms with Gasteiger partial charge in [0.05, 0.1) is 5.39 Å². The minimum atomic E-state index is 0.819. The number of rotatable bonds is 4. The first-order chi connectivity index (χ1) is 23.3. The van der Waals surface area contributed by atoms with Gasteiger partial charge in [-0.2, -0.15) is 0 Å². The van der Waals surface area contributed by atoms with Gasteiger partial charge in [0.25, 0.3) is 0 Å². The molecular formula is C44H27NO2. The molecule has 8 aromatic carbocycles. The number of nitrogens with zero attached hydrogens (tertiary/aromatic N) is 1. The van der Waals surface area contributed by atoms with Crippen LogP contribution in [-0.4, -0.2) is 0 Å². The number of hydrogen-bond acceptors (Lipinski definition) is 3. The van der Waals surface area contributed by atoms with Crippen molar-refractivity contribution in [3.05, 3.63) is 164 Å². The number of para-hydroxylation sites is 1. The predicted octanol–water partition coefficient (Wildman–Crippen LogP) is 12.9. The second-order valence-corrected chi connectivity index (χ2v) is 12.1. The van der Waals surface area contributed by atoms with E-state index in [0.717, 1.165) is 66.3 Å². The minimum Gasteiger partial charge on any atom is -0.456 e. The Kier molecular flexibility index (Phi) is 5.57. The number of hydrogen-bond donors (Lipinski definition) is 0. The van der Waals surface area contributed by atoms with Gasteiger partial charge in [-0.3, -0.25) is 0 Å². The van der Waals surface area contributed by atoms with Gasteiger partial charge in [0, 0.05) is 44.7 Å². The summed E-state index contributed by atoms with van der Waals surface area (Å²) in [6.07, 6.45) is 0. The van der Waals surface area contributed by atoms with Crippen molar-refractivity contribution < 1.29 is 8.83 Å². The fourth-order valence-electron chi connectivity index (χ4n) is 7.15. The van der Waals surface area contributed by atoms with E-state index in [0.29, 0.717) is 0 Å². The molecule has 0 amide bonds. The Morgan fingerprint density at radius 1 is 0.340 bits per heavy atom. The molecule has 3 nitrogen and oxygen atoms in total. The summed E-state index contributed by atoms with van der Waals surface area (Å²) in [6.45, 7) is 0. The van der Waals surface area contributed by atoms with Gasteiger partial charge in [-0.05, 0) is 87.9 Å². The number of anilines is 3. The molecule has 47 heavy (non-hydrogen) atoms. The third kappa shape index (κ3) is 4.07. The summed E-state index contributed by atoms with van der Waals surface area (Å²) in [5, 5.41) is 9.05. The van der Waals surface area contributed by atoms with Crippen LogP contribution in [0.15, 0.2) is 173 Å². The van der Waals surface area contributed by atoms with Crippen molar-refractivity contribution in [1.29, 1.82) is 0 Å². The molecule has 0 saturated heterocycles. The molecule has 0 atom stereocenters. The maximum Gasteiger partial charge on any atom is 0.147 e. The van der Waals surface area contributed by atoms with E-state index in [1.807, 2.05) is 0 Å². The van der Waals surface area contributed by atoms with E-state index >= 15 is 0 Å².